The highest BCUT2D eigenvalue weighted by Crippen LogP contribution is 2.52. The van der Waals surface area contributed by atoms with Gasteiger partial charge >= 0.3 is 6.18 Å². The molecule has 1 unspecified atom stereocenters. The Labute approximate surface area is 168 Å². The van der Waals surface area contributed by atoms with Gasteiger partial charge in [-0.15, -0.1) is 0 Å². The molecule has 2 aromatic heterocycles. The number of pyridine rings is 1. The zero-order valence-electron chi connectivity index (χ0n) is 15.7. The number of morpholine rings is 1. The predicted octanol–water partition coefficient (Wildman–Crippen LogP) is 2.34. The molecule has 2 aliphatic rings. The van der Waals surface area contributed by atoms with Crippen molar-refractivity contribution in [3.05, 3.63) is 29.6 Å². The van der Waals surface area contributed by atoms with Gasteiger partial charge in [-0.2, -0.15) is 13.2 Å². The summed E-state index contributed by atoms with van der Waals surface area (Å²) in [6, 6.07) is 2.30. The van der Waals surface area contributed by atoms with Gasteiger partial charge in [-0.25, -0.2) is 15.0 Å². The van der Waals surface area contributed by atoms with Crippen LogP contribution < -0.4 is 10.6 Å². The van der Waals surface area contributed by atoms with Crippen LogP contribution >= 0.6 is 0 Å². The van der Waals surface area contributed by atoms with Crippen LogP contribution in [0.25, 0.3) is 11.3 Å². The van der Waals surface area contributed by atoms with Crippen molar-refractivity contribution >= 4 is 22.9 Å². The zero-order valence-corrected chi connectivity index (χ0v) is 16.5. The van der Waals surface area contributed by atoms with E-state index in [9.17, 15) is 17.7 Å². The summed E-state index contributed by atoms with van der Waals surface area (Å²) in [4.78, 5) is 14.7. The Bertz CT molecular complexity index is 915. The molecule has 1 aliphatic carbocycles. The number of nitrogens with zero attached hydrogens (tertiary/aromatic N) is 4. The molecule has 0 radical (unpaired) electrons. The van der Waals surface area contributed by atoms with Gasteiger partial charge in [0, 0.05) is 37.7 Å². The van der Waals surface area contributed by atoms with Gasteiger partial charge < -0.3 is 19.9 Å². The molecule has 1 aliphatic heterocycles. The van der Waals surface area contributed by atoms with Crippen molar-refractivity contribution in [3.63, 3.8) is 0 Å². The first-order valence-electron chi connectivity index (χ1n) is 9.09. The number of hydrogen-bond donors (Lipinski definition) is 1. The third kappa shape index (κ3) is 3.86. The first kappa shape index (κ1) is 20.2. The van der Waals surface area contributed by atoms with Crippen LogP contribution in [-0.4, -0.2) is 52.1 Å². The second-order valence-electron chi connectivity index (χ2n) is 7.14. The molecule has 4 rings (SSSR count). The van der Waals surface area contributed by atoms with Gasteiger partial charge in [-0.3, -0.25) is 0 Å². The first-order valence-corrected chi connectivity index (χ1v) is 10.7. The lowest BCUT2D eigenvalue weighted by atomic mass is 10.0. The summed E-state index contributed by atoms with van der Waals surface area (Å²) in [6.07, 6.45) is -0.616. The van der Waals surface area contributed by atoms with Crippen molar-refractivity contribution in [1.82, 2.24) is 15.0 Å². The molecular weight excluding hydrogens is 407 g/mol. The number of ether oxygens (including phenoxy) is 1. The molecule has 29 heavy (non-hydrogen) atoms. The van der Waals surface area contributed by atoms with Gasteiger partial charge in [0.25, 0.3) is 0 Å². The number of nitrogen functional groups attached to an aromatic ring is 1. The maximum Gasteiger partial charge on any atom is 0.417 e. The number of rotatable bonds is 4. The summed E-state index contributed by atoms with van der Waals surface area (Å²) >= 11 is -1.21. The SMILES string of the molecule is C[S+]([O-])C1(c2cc(-c3cnc(N)cc3C(F)(F)F)nc(N3CCOCC3)n2)CC1. The minimum absolute atomic E-state index is 0.0908. The van der Waals surface area contributed by atoms with E-state index in [1.165, 1.54) is 6.07 Å². The average molecular weight is 427 g/mol. The van der Waals surface area contributed by atoms with Crippen molar-refractivity contribution in [1.29, 1.82) is 0 Å². The molecule has 1 saturated carbocycles. The zero-order chi connectivity index (χ0) is 20.8. The van der Waals surface area contributed by atoms with E-state index in [2.05, 4.69) is 15.0 Å². The van der Waals surface area contributed by atoms with Crippen LogP contribution in [0, 0.1) is 0 Å². The van der Waals surface area contributed by atoms with Crippen molar-refractivity contribution in [2.45, 2.75) is 23.8 Å². The largest absolute Gasteiger partial charge is 0.616 e. The summed E-state index contributed by atoms with van der Waals surface area (Å²) in [5.41, 5.74) is 4.99. The fourth-order valence-corrected chi connectivity index (χ4v) is 4.50. The molecule has 2 fully saturated rings. The lowest BCUT2D eigenvalue weighted by molar-refractivity contribution is -0.137. The molecule has 0 aromatic carbocycles. The van der Waals surface area contributed by atoms with E-state index in [-0.39, 0.29) is 17.1 Å². The second-order valence-corrected chi connectivity index (χ2v) is 8.83. The van der Waals surface area contributed by atoms with E-state index < -0.39 is 27.7 Å². The summed E-state index contributed by atoms with van der Waals surface area (Å²) in [7, 11) is 0. The van der Waals surface area contributed by atoms with E-state index in [1.54, 1.807) is 6.26 Å². The molecule has 1 saturated heterocycles. The van der Waals surface area contributed by atoms with E-state index in [0.717, 1.165) is 12.3 Å². The lowest BCUT2D eigenvalue weighted by Crippen LogP contribution is -2.38. The van der Waals surface area contributed by atoms with Crippen LogP contribution in [0.5, 0.6) is 0 Å². The van der Waals surface area contributed by atoms with Crippen LogP contribution in [0.2, 0.25) is 0 Å². The van der Waals surface area contributed by atoms with Crippen molar-refractivity contribution < 1.29 is 22.5 Å². The van der Waals surface area contributed by atoms with Gasteiger partial charge in [0.05, 0.1) is 30.7 Å². The van der Waals surface area contributed by atoms with Gasteiger partial charge in [-0.05, 0) is 23.3 Å². The number of anilines is 2. The van der Waals surface area contributed by atoms with Gasteiger partial charge in [0.2, 0.25) is 5.95 Å². The molecule has 11 heteroatoms. The van der Waals surface area contributed by atoms with Crippen molar-refractivity contribution in [2.24, 2.45) is 0 Å². The Morgan fingerprint density at radius 2 is 1.90 bits per heavy atom. The molecule has 0 bridgehead atoms. The average Bonchev–Trinajstić information content (AvgIpc) is 3.50. The fraction of sp³-hybridized carbons (Fsp3) is 0.500. The Morgan fingerprint density at radius 1 is 1.21 bits per heavy atom. The third-order valence-corrected chi connectivity index (χ3v) is 6.95. The second kappa shape index (κ2) is 7.29. The number of aromatic nitrogens is 3. The van der Waals surface area contributed by atoms with Crippen LogP contribution in [0.1, 0.15) is 24.1 Å². The number of alkyl halides is 3. The van der Waals surface area contributed by atoms with E-state index >= 15 is 0 Å². The number of hydrogen-bond acceptors (Lipinski definition) is 7. The Balaban J connectivity index is 1.88. The number of halogens is 3. The first-order chi connectivity index (χ1) is 13.7. The minimum Gasteiger partial charge on any atom is -0.616 e. The predicted molar refractivity (Wildman–Crippen MR) is 103 cm³/mol. The topological polar surface area (TPSA) is 100 Å². The van der Waals surface area contributed by atoms with E-state index in [0.29, 0.717) is 50.8 Å². The highest BCUT2D eigenvalue weighted by molar-refractivity contribution is 7.91. The molecule has 3 heterocycles. The Morgan fingerprint density at radius 3 is 2.48 bits per heavy atom. The molecule has 7 nitrogen and oxygen atoms in total. The molecule has 2 N–H and O–H groups in total. The normalized spacial score (nSPS) is 19.8. The van der Waals surface area contributed by atoms with Crippen LogP contribution in [-0.2, 0) is 26.8 Å². The summed E-state index contributed by atoms with van der Waals surface area (Å²) in [5.74, 6) is 0.0829. The quantitative estimate of drug-likeness (QED) is 0.748. The summed E-state index contributed by atoms with van der Waals surface area (Å²) in [5, 5.41) is 0. The lowest BCUT2D eigenvalue weighted by Gasteiger charge is -2.28. The highest BCUT2D eigenvalue weighted by atomic mass is 32.2. The molecule has 2 aromatic rings. The monoisotopic (exact) mass is 427 g/mol. The van der Waals surface area contributed by atoms with Crippen LogP contribution in [0.4, 0.5) is 24.9 Å². The maximum absolute atomic E-state index is 13.6. The molecule has 0 amide bonds. The highest BCUT2D eigenvalue weighted by Gasteiger charge is 2.55. The minimum atomic E-state index is -4.62. The van der Waals surface area contributed by atoms with Crippen molar-refractivity contribution in [2.75, 3.05) is 43.2 Å². The standard InChI is InChI=1S/C18H20F3N5O2S/c1-29(27)17(2-3-17)14-9-13(24-16(25-14)26-4-6-28-7-5-26)11-10-23-15(22)8-12(11)18(19,20)21/h8-10H,2-7H2,1H3,(H2,22,23). The van der Waals surface area contributed by atoms with Gasteiger partial charge in [-0.1, -0.05) is 0 Å². The molecule has 156 valence electrons. The third-order valence-electron chi connectivity index (χ3n) is 5.24. The summed E-state index contributed by atoms with van der Waals surface area (Å²) in [6.45, 7) is 2.00. The van der Waals surface area contributed by atoms with E-state index in [1.807, 2.05) is 4.90 Å². The Hall–Kier alpha value is -2.11. The molecule has 1 atom stereocenters. The van der Waals surface area contributed by atoms with Crippen LogP contribution in [0.15, 0.2) is 18.3 Å². The van der Waals surface area contributed by atoms with Gasteiger partial charge in [0.1, 0.15) is 11.5 Å². The Kier molecular flexibility index (Phi) is 5.07. The van der Waals surface area contributed by atoms with Crippen LogP contribution in [0.3, 0.4) is 0 Å². The molecular formula is C18H20F3N5O2S. The maximum atomic E-state index is 13.6. The molecule has 0 spiro atoms. The smallest absolute Gasteiger partial charge is 0.417 e. The van der Waals surface area contributed by atoms with Crippen molar-refractivity contribution in [3.8, 4) is 11.3 Å². The van der Waals surface area contributed by atoms with E-state index in [4.69, 9.17) is 10.5 Å². The van der Waals surface area contributed by atoms with Gasteiger partial charge in [0.15, 0.2) is 4.75 Å². The number of nitrogens with two attached hydrogens (primary N) is 1. The summed E-state index contributed by atoms with van der Waals surface area (Å²) < 4.78 is 58.0. The fourth-order valence-electron chi connectivity index (χ4n) is 3.43.